The molecule has 110 valence electrons. The van der Waals surface area contributed by atoms with Gasteiger partial charge < -0.3 is 15.3 Å². The minimum absolute atomic E-state index is 0.283. The molecule has 20 heavy (non-hydrogen) atoms. The highest BCUT2D eigenvalue weighted by atomic mass is 32.1. The summed E-state index contributed by atoms with van der Waals surface area (Å²) in [7, 11) is 0. The van der Waals surface area contributed by atoms with Crippen molar-refractivity contribution in [3.63, 3.8) is 0 Å². The molecular formula is C14H20N2O3S. The number of carboxylic acid groups (broad SMARTS) is 1. The van der Waals surface area contributed by atoms with Gasteiger partial charge in [0.15, 0.2) is 6.04 Å². The molecule has 1 aromatic heterocycles. The van der Waals surface area contributed by atoms with E-state index in [2.05, 4.69) is 19.2 Å². The fraction of sp³-hybridized carbons (Fsp3) is 0.571. The molecule has 0 spiro atoms. The smallest absolute Gasteiger partial charge is 0.331 e. The number of hydrogen-bond donors (Lipinski definition) is 2. The third kappa shape index (κ3) is 3.30. The van der Waals surface area contributed by atoms with Crippen molar-refractivity contribution < 1.29 is 14.7 Å². The zero-order valence-electron chi connectivity index (χ0n) is 11.7. The standard InChI is InChI=1S/C14H20N2O3S/c1-9(2)10-5-6-16(8-10)14(19)15-12(13(17)18)11-4-3-7-20-11/h3-4,7,9-10,12H,5-6,8H2,1-2H3,(H,15,19)(H,17,18). The van der Waals surface area contributed by atoms with Gasteiger partial charge in [-0.2, -0.15) is 0 Å². The maximum atomic E-state index is 12.2. The van der Waals surface area contributed by atoms with Crippen molar-refractivity contribution in [1.82, 2.24) is 10.2 Å². The molecule has 2 rings (SSSR count). The molecular weight excluding hydrogens is 276 g/mol. The van der Waals surface area contributed by atoms with Crippen molar-refractivity contribution in [2.24, 2.45) is 11.8 Å². The number of carbonyl (C=O) groups excluding carboxylic acids is 1. The van der Waals surface area contributed by atoms with Crippen LogP contribution in [0.25, 0.3) is 0 Å². The van der Waals surface area contributed by atoms with Gasteiger partial charge >= 0.3 is 12.0 Å². The molecule has 5 nitrogen and oxygen atoms in total. The Kier molecular flexibility index (Phi) is 4.65. The molecule has 0 saturated carbocycles. The van der Waals surface area contributed by atoms with Gasteiger partial charge in [0.1, 0.15) is 0 Å². The van der Waals surface area contributed by atoms with Gasteiger partial charge in [-0.25, -0.2) is 9.59 Å². The second-order valence-corrected chi connectivity index (χ2v) is 6.45. The Bertz CT molecular complexity index is 473. The van der Waals surface area contributed by atoms with Gasteiger partial charge in [-0.05, 0) is 29.7 Å². The Morgan fingerprint density at radius 2 is 2.25 bits per heavy atom. The van der Waals surface area contributed by atoms with Crippen molar-refractivity contribution in [3.8, 4) is 0 Å². The lowest BCUT2D eigenvalue weighted by Crippen LogP contribution is -2.42. The molecule has 1 aromatic rings. The third-order valence-corrected chi connectivity index (χ3v) is 4.73. The minimum Gasteiger partial charge on any atom is -0.479 e. The lowest BCUT2D eigenvalue weighted by atomic mass is 9.95. The predicted octanol–water partition coefficient (Wildman–Crippen LogP) is 2.56. The van der Waals surface area contributed by atoms with Crippen LogP contribution in [0.1, 0.15) is 31.2 Å². The molecule has 2 amide bonds. The number of thiophene rings is 1. The van der Waals surface area contributed by atoms with Crippen LogP contribution in [0.3, 0.4) is 0 Å². The first-order valence-electron chi connectivity index (χ1n) is 6.80. The van der Waals surface area contributed by atoms with Crippen LogP contribution in [-0.4, -0.2) is 35.1 Å². The molecule has 2 atom stereocenters. The maximum absolute atomic E-state index is 12.2. The summed E-state index contributed by atoms with van der Waals surface area (Å²) < 4.78 is 0. The molecule has 1 aliphatic rings. The van der Waals surface area contributed by atoms with E-state index in [1.807, 2.05) is 5.38 Å². The van der Waals surface area contributed by atoms with Crippen molar-refractivity contribution in [3.05, 3.63) is 22.4 Å². The molecule has 1 aliphatic heterocycles. The Hall–Kier alpha value is -1.56. The molecule has 0 bridgehead atoms. The van der Waals surface area contributed by atoms with Gasteiger partial charge in [-0.15, -0.1) is 11.3 Å². The third-order valence-electron chi connectivity index (χ3n) is 3.80. The van der Waals surface area contributed by atoms with Crippen LogP contribution in [0, 0.1) is 11.8 Å². The number of hydrogen-bond acceptors (Lipinski definition) is 3. The van der Waals surface area contributed by atoms with E-state index in [1.165, 1.54) is 11.3 Å². The molecule has 1 saturated heterocycles. The Morgan fingerprint density at radius 1 is 1.50 bits per heavy atom. The van der Waals surface area contributed by atoms with Gasteiger partial charge in [0.25, 0.3) is 0 Å². The van der Waals surface area contributed by atoms with Gasteiger partial charge in [-0.3, -0.25) is 0 Å². The minimum atomic E-state index is -1.03. The monoisotopic (exact) mass is 296 g/mol. The highest BCUT2D eigenvalue weighted by Gasteiger charge is 2.31. The molecule has 0 aromatic carbocycles. The summed E-state index contributed by atoms with van der Waals surface area (Å²) in [4.78, 5) is 25.8. The fourth-order valence-electron chi connectivity index (χ4n) is 2.44. The van der Waals surface area contributed by atoms with E-state index in [0.29, 0.717) is 29.8 Å². The number of likely N-dealkylation sites (tertiary alicyclic amines) is 1. The highest BCUT2D eigenvalue weighted by Crippen LogP contribution is 2.25. The van der Waals surface area contributed by atoms with E-state index in [4.69, 9.17) is 0 Å². The van der Waals surface area contributed by atoms with E-state index in [0.717, 1.165) is 6.42 Å². The Morgan fingerprint density at radius 3 is 2.75 bits per heavy atom. The summed E-state index contributed by atoms with van der Waals surface area (Å²) >= 11 is 1.34. The van der Waals surface area contributed by atoms with Crippen LogP contribution in [-0.2, 0) is 4.79 Å². The van der Waals surface area contributed by atoms with Gasteiger partial charge in [0, 0.05) is 18.0 Å². The van der Waals surface area contributed by atoms with E-state index in [9.17, 15) is 14.7 Å². The summed E-state index contributed by atoms with van der Waals surface area (Å²) in [5.74, 6) is 0.0199. The van der Waals surface area contributed by atoms with Crippen LogP contribution < -0.4 is 5.32 Å². The Labute approximate surface area is 122 Å². The Balaban J connectivity index is 1.98. The van der Waals surface area contributed by atoms with E-state index in [1.54, 1.807) is 17.0 Å². The highest BCUT2D eigenvalue weighted by molar-refractivity contribution is 7.10. The summed E-state index contributed by atoms with van der Waals surface area (Å²) in [6, 6.07) is 2.27. The van der Waals surface area contributed by atoms with E-state index < -0.39 is 12.0 Å². The zero-order chi connectivity index (χ0) is 14.7. The van der Waals surface area contributed by atoms with Crippen LogP contribution in [0.5, 0.6) is 0 Å². The molecule has 1 fully saturated rings. The van der Waals surface area contributed by atoms with Crippen molar-refractivity contribution in [1.29, 1.82) is 0 Å². The van der Waals surface area contributed by atoms with E-state index in [-0.39, 0.29) is 6.03 Å². The second-order valence-electron chi connectivity index (χ2n) is 5.47. The van der Waals surface area contributed by atoms with Crippen LogP contribution in [0.4, 0.5) is 4.79 Å². The van der Waals surface area contributed by atoms with Gasteiger partial charge in [0.2, 0.25) is 0 Å². The van der Waals surface area contributed by atoms with Crippen LogP contribution in [0.2, 0.25) is 0 Å². The quantitative estimate of drug-likeness (QED) is 0.897. The molecule has 0 radical (unpaired) electrons. The first kappa shape index (κ1) is 14.8. The van der Waals surface area contributed by atoms with E-state index >= 15 is 0 Å². The van der Waals surface area contributed by atoms with Crippen molar-refractivity contribution in [2.45, 2.75) is 26.3 Å². The predicted molar refractivity (Wildman–Crippen MR) is 77.7 cm³/mol. The van der Waals surface area contributed by atoms with Crippen molar-refractivity contribution >= 4 is 23.3 Å². The van der Waals surface area contributed by atoms with Gasteiger partial charge in [0.05, 0.1) is 0 Å². The number of amides is 2. The molecule has 2 N–H and O–H groups in total. The summed E-state index contributed by atoms with van der Waals surface area (Å²) in [6.07, 6.45) is 0.988. The molecule has 2 heterocycles. The zero-order valence-corrected chi connectivity index (χ0v) is 12.5. The summed E-state index contributed by atoms with van der Waals surface area (Å²) in [5.41, 5.74) is 0. The molecule has 2 unspecified atom stereocenters. The maximum Gasteiger partial charge on any atom is 0.331 e. The molecule has 0 aliphatic carbocycles. The summed E-state index contributed by atoms with van der Waals surface area (Å²) in [5, 5.41) is 13.7. The number of urea groups is 1. The fourth-order valence-corrected chi connectivity index (χ4v) is 3.21. The first-order chi connectivity index (χ1) is 9.49. The first-order valence-corrected chi connectivity index (χ1v) is 7.68. The second kappa shape index (κ2) is 6.26. The van der Waals surface area contributed by atoms with Crippen molar-refractivity contribution in [2.75, 3.05) is 13.1 Å². The number of rotatable bonds is 4. The lowest BCUT2D eigenvalue weighted by molar-refractivity contribution is -0.139. The molecule has 6 heteroatoms. The van der Waals surface area contributed by atoms with Crippen LogP contribution >= 0.6 is 11.3 Å². The normalized spacial score (nSPS) is 20.1. The average Bonchev–Trinajstić information content (AvgIpc) is 3.05. The number of carboxylic acids is 1. The van der Waals surface area contributed by atoms with Gasteiger partial charge in [-0.1, -0.05) is 19.9 Å². The number of nitrogens with zero attached hydrogens (tertiary/aromatic N) is 1. The topological polar surface area (TPSA) is 69.6 Å². The lowest BCUT2D eigenvalue weighted by Gasteiger charge is -2.21. The van der Waals surface area contributed by atoms with Crippen LogP contribution in [0.15, 0.2) is 17.5 Å². The largest absolute Gasteiger partial charge is 0.479 e. The number of aliphatic carboxylic acids is 1. The average molecular weight is 296 g/mol. The number of nitrogens with one attached hydrogen (secondary N) is 1. The SMILES string of the molecule is CC(C)C1CCN(C(=O)NC(C(=O)O)c2cccs2)C1. The number of carbonyl (C=O) groups is 2. The summed E-state index contributed by atoms with van der Waals surface area (Å²) in [6.45, 7) is 5.71.